The van der Waals surface area contributed by atoms with Crippen LogP contribution in [0.15, 0.2) is 18.2 Å². The van der Waals surface area contributed by atoms with Crippen LogP contribution in [-0.2, 0) is 0 Å². The van der Waals surface area contributed by atoms with Crippen molar-refractivity contribution in [2.24, 2.45) is 0 Å². The third-order valence-electron chi connectivity index (χ3n) is 2.50. The van der Waals surface area contributed by atoms with Crippen LogP contribution in [-0.4, -0.2) is 48.9 Å². The molecular formula is C12H15FN4O4. The highest BCUT2D eigenvalue weighted by atomic mass is 19.1. The summed E-state index contributed by atoms with van der Waals surface area (Å²) in [5, 5.41) is 15.5. The van der Waals surface area contributed by atoms with E-state index in [2.05, 4.69) is 10.6 Å². The van der Waals surface area contributed by atoms with Gasteiger partial charge in [0.2, 0.25) is 0 Å². The van der Waals surface area contributed by atoms with Gasteiger partial charge in [0.25, 0.3) is 11.6 Å². The third-order valence-corrected chi connectivity index (χ3v) is 2.50. The van der Waals surface area contributed by atoms with Gasteiger partial charge in [-0.2, -0.15) is 0 Å². The average Bonchev–Trinajstić information content (AvgIpc) is 2.43. The zero-order chi connectivity index (χ0) is 16.0. The number of rotatable bonds is 5. The fourth-order valence-electron chi connectivity index (χ4n) is 1.40. The summed E-state index contributed by atoms with van der Waals surface area (Å²) in [7, 11) is 3.12. The van der Waals surface area contributed by atoms with Gasteiger partial charge in [-0.15, -0.1) is 0 Å². The molecule has 0 bridgehead atoms. The summed E-state index contributed by atoms with van der Waals surface area (Å²) in [5.74, 6) is -1.63. The molecule has 1 aromatic carbocycles. The normalized spacial score (nSPS) is 9.86. The van der Waals surface area contributed by atoms with E-state index in [4.69, 9.17) is 0 Å². The molecule has 114 valence electrons. The number of benzene rings is 1. The first-order valence-electron chi connectivity index (χ1n) is 6.00. The molecule has 3 amide bonds. The molecule has 0 aromatic heterocycles. The van der Waals surface area contributed by atoms with Gasteiger partial charge in [-0.05, 0) is 6.07 Å². The number of hydrogen-bond acceptors (Lipinski definition) is 4. The molecule has 9 heteroatoms. The van der Waals surface area contributed by atoms with Gasteiger partial charge in [0.15, 0.2) is 0 Å². The third kappa shape index (κ3) is 4.71. The molecule has 0 aliphatic rings. The number of urea groups is 1. The number of nitrogens with one attached hydrogen (secondary N) is 2. The molecule has 0 fully saturated rings. The number of halogens is 1. The maximum Gasteiger partial charge on any atom is 0.316 e. The zero-order valence-corrected chi connectivity index (χ0v) is 11.6. The predicted octanol–water partition coefficient (Wildman–Crippen LogP) is 0.735. The zero-order valence-electron chi connectivity index (χ0n) is 11.6. The van der Waals surface area contributed by atoms with Gasteiger partial charge in [-0.3, -0.25) is 14.9 Å². The number of nitro groups is 1. The van der Waals surface area contributed by atoms with Gasteiger partial charge < -0.3 is 15.5 Å². The summed E-state index contributed by atoms with van der Waals surface area (Å²) >= 11 is 0. The number of carbonyl (C=O) groups is 2. The maximum atomic E-state index is 13.5. The highest BCUT2D eigenvalue weighted by Gasteiger charge is 2.16. The Morgan fingerprint density at radius 2 is 1.90 bits per heavy atom. The standard InChI is InChI=1S/C12H15FN4O4/c1-16(2)12(19)15-6-5-14-11(18)9-7-8(17(20)21)3-4-10(9)13/h3-4,7H,5-6H2,1-2H3,(H,14,18)(H,15,19). The van der Waals surface area contributed by atoms with Crippen molar-refractivity contribution < 1.29 is 18.9 Å². The van der Waals surface area contributed by atoms with Crippen LogP contribution in [0.5, 0.6) is 0 Å². The van der Waals surface area contributed by atoms with Crippen molar-refractivity contribution in [3.05, 3.63) is 39.7 Å². The van der Waals surface area contributed by atoms with Crippen LogP contribution in [0, 0.1) is 15.9 Å². The summed E-state index contributed by atoms with van der Waals surface area (Å²) < 4.78 is 13.5. The van der Waals surface area contributed by atoms with E-state index in [1.54, 1.807) is 14.1 Å². The van der Waals surface area contributed by atoms with E-state index in [0.29, 0.717) is 0 Å². The number of non-ortho nitro benzene ring substituents is 1. The summed E-state index contributed by atoms with van der Waals surface area (Å²) in [6.07, 6.45) is 0. The molecule has 8 nitrogen and oxygen atoms in total. The number of carbonyl (C=O) groups excluding carboxylic acids is 2. The Kier molecular flexibility index (Phi) is 5.58. The lowest BCUT2D eigenvalue weighted by atomic mass is 10.1. The van der Waals surface area contributed by atoms with Crippen molar-refractivity contribution in [1.29, 1.82) is 0 Å². The molecule has 0 saturated carbocycles. The van der Waals surface area contributed by atoms with E-state index in [1.807, 2.05) is 0 Å². The molecule has 1 rings (SSSR count). The van der Waals surface area contributed by atoms with Gasteiger partial charge in [0.1, 0.15) is 5.82 Å². The SMILES string of the molecule is CN(C)C(=O)NCCNC(=O)c1cc([N+](=O)[O-])ccc1F. The van der Waals surface area contributed by atoms with Crippen molar-refractivity contribution in [2.75, 3.05) is 27.2 Å². The second-order valence-electron chi connectivity index (χ2n) is 4.30. The minimum absolute atomic E-state index is 0.0700. The van der Waals surface area contributed by atoms with Crippen LogP contribution < -0.4 is 10.6 Å². The highest BCUT2D eigenvalue weighted by Crippen LogP contribution is 2.16. The van der Waals surface area contributed by atoms with E-state index in [9.17, 15) is 24.1 Å². The molecule has 0 heterocycles. The molecule has 0 radical (unpaired) electrons. The van der Waals surface area contributed by atoms with Crippen molar-refractivity contribution in [3.63, 3.8) is 0 Å². The van der Waals surface area contributed by atoms with Crippen LogP contribution in [0.2, 0.25) is 0 Å². The van der Waals surface area contributed by atoms with Gasteiger partial charge in [-0.1, -0.05) is 0 Å². The largest absolute Gasteiger partial charge is 0.350 e. The van der Waals surface area contributed by atoms with Crippen LogP contribution in [0.25, 0.3) is 0 Å². The maximum absolute atomic E-state index is 13.5. The van der Waals surface area contributed by atoms with Crippen LogP contribution in [0.1, 0.15) is 10.4 Å². The molecule has 0 saturated heterocycles. The molecule has 0 aliphatic heterocycles. The second-order valence-corrected chi connectivity index (χ2v) is 4.30. The number of hydrogen-bond donors (Lipinski definition) is 2. The van der Waals surface area contributed by atoms with Crippen LogP contribution >= 0.6 is 0 Å². The lowest BCUT2D eigenvalue weighted by molar-refractivity contribution is -0.384. The molecule has 0 aliphatic carbocycles. The second kappa shape index (κ2) is 7.17. The van der Waals surface area contributed by atoms with Gasteiger partial charge in [0, 0.05) is 39.3 Å². The molecule has 21 heavy (non-hydrogen) atoms. The summed E-state index contributed by atoms with van der Waals surface area (Å²) in [6, 6.07) is 2.37. The minimum atomic E-state index is -0.851. The highest BCUT2D eigenvalue weighted by molar-refractivity contribution is 5.95. The van der Waals surface area contributed by atoms with Crippen LogP contribution in [0.3, 0.4) is 0 Å². The lowest BCUT2D eigenvalue weighted by Crippen LogP contribution is -2.39. The Balaban J connectivity index is 2.58. The topological polar surface area (TPSA) is 105 Å². The van der Waals surface area contributed by atoms with E-state index in [-0.39, 0.29) is 24.8 Å². The molecule has 1 aromatic rings. The Labute approximate surface area is 120 Å². The van der Waals surface area contributed by atoms with E-state index >= 15 is 0 Å². The summed E-state index contributed by atoms with van der Waals surface area (Å²) in [4.78, 5) is 34.1. The first kappa shape index (κ1) is 16.3. The number of nitrogens with zero attached hydrogens (tertiary/aromatic N) is 2. The molecular weight excluding hydrogens is 283 g/mol. The summed E-state index contributed by atoms with van der Waals surface area (Å²) in [6.45, 7) is 0.222. The van der Waals surface area contributed by atoms with E-state index < -0.39 is 22.2 Å². The Morgan fingerprint density at radius 1 is 1.29 bits per heavy atom. The predicted molar refractivity (Wildman–Crippen MR) is 72.5 cm³/mol. The van der Waals surface area contributed by atoms with Crippen molar-refractivity contribution in [2.45, 2.75) is 0 Å². The molecule has 0 atom stereocenters. The quantitative estimate of drug-likeness (QED) is 0.475. The van der Waals surface area contributed by atoms with Gasteiger partial charge in [0.05, 0.1) is 10.5 Å². The van der Waals surface area contributed by atoms with E-state index in [0.717, 1.165) is 18.2 Å². The Hall–Kier alpha value is -2.71. The monoisotopic (exact) mass is 298 g/mol. The lowest BCUT2D eigenvalue weighted by Gasteiger charge is -2.12. The van der Waals surface area contributed by atoms with Crippen LogP contribution in [0.4, 0.5) is 14.9 Å². The van der Waals surface area contributed by atoms with Gasteiger partial charge >= 0.3 is 6.03 Å². The number of amides is 3. The molecule has 0 unspecified atom stereocenters. The Morgan fingerprint density at radius 3 is 2.48 bits per heavy atom. The Bertz CT molecular complexity index is 562. The average molecular weight is 298 g/mol. The smallest absolute Gasteiger partial charge is 0.316 e. The fourth-order valence-corrected chi connectivity index (χ4v) is 1.40. The first-order chi connectivity index (χ1) is 9.82. The first-order valence-corrected chi connectivity index (χ1v) is 6.00. The van der Waals surface area contributed by atoms with Gasteiger partial charge in [-0.25, -0.2) is 9.18 Å². The molecule has 2 N–H and O–H groups in total. The van der Waals surface area contributed by atoms with E-state index in [1.165, 1.54) is 4.90 Å². The van der Waals surface area contributed by atoms with Crippen molar-refractivity contribution in [3.8, 4) is 0 Å². The molecule has 0 spiro atoms. The summed E-state index contributed by atoms with van der Waals surface area (Å²) in [5.41, 5.74) is -0.786. The fraction of sp³-hybridized carbons (Fsp3) is 0.333. The van der Waals surface area contributed by atoms with Crippen molar-refractivity contribution >= 4 is 17.6 Å². The van der Waals surface area contributed by atoms with Crippen molar-refractivity contribution in [1.82, 2.24) is 15.5 Å². The number of nitro benzene ring substituents is 1. The minimum Gasteiger partial charge on any atom is -0.350 e.